The largest absolute Gasteiger partial charge is 0.398 e. The Hall–Kier alpha value is -3.26. The number of H-pyrrole nitrogens is 1. The number of nitrogens with one attached hydrogen (secondary N) is 1. The number of rotatable bonds is 5. The van der Waals surface area contributed by atoms with Gasteiger partial charge in [-0.25, -0.2) is 9.67 Å². The van der Waals surface area contributed by atoms with Gasteiger partial charge in [0, 0.05) is 30.0 Å². The Bertz CT molecular complexity index is 1020. The van der Waals surface area contributed by atoms with Crippen LogP contribution in [0.3, 0.4) is 0 Å². The minimum absolute atomic E-state index is 0.127. The Morgan fingerprint density at radius 2 is 2.04 bits per heavy atom. The second kappa shape index (κ2) is 6.33. The van der Waals surface area contributed by atoms with E-state index >= 15 is 0 Å². The number of nitrogens with zero attached hydrogens (tertiary/aromatic N) is 5. The van der Waals surface area contributed by atoms with E-state index in [4.69, 9.17) is 10.8 Å². The van der Waals surface area contributed by atoms with Crippen LogP contribution in [0.5, 0.6) is 0 Å². The van der Waals surface area contributed by atoms with Gasteiger partial charge in [-0.3, -0.25) is 5.10 Å². The molecule has 0 unspecified atom stereocenters. The number of nitrogens with two attached hydrogens (primary N) is 1. The molecule has 2 heterocycles. The van der Waals surface area contributed by atoms with Crippen molar-refractivity contribution in [1.29, 1.82) is 0 Å². The maximum Gasteiger partial charge on any atom is 0.181 e. The molecule has 25 heavy (non-hydrogen) atoms. The van der Waals surface area contributed by atoms with E-state index in [0.717, 1.165) is 22.2 Å². The maximum absolute atomic E-state index is 8.96. The zero-order valence-electron chi connectivity index (χ0n) is 13.4. The second-order valence-corrected chi connectivity index (χ2v) is 5.69. The SMILES string of the molecule is Nc1ccccc1-c1nc(-c2ccc3c(c2)nnn3CCCO)n[nH]1. The molecular formula is C17H17N7O. The third kappa shape index (κ3) is 2.83. The number of hydrogen-bond donors (Lipinski definition) is 3. The maximum atomic E-state index is 8.96. The van der Waals surface area contributed by atoms with Gasteiger partial charge < -0.3 is 10.8 Å². The van der Waals surface area contributed by atoms with Gasteiger partial charge in [-0.15, -0.1) is 5.10 Å². The van der Waals surface area contributed by atoms with Crippen molar-refractivity contribution in [3.8, 4) is 22.8 Å². The summed E-state index contributed by atoms with van der Waals surface area (Å²) in [7, 11) is 0. The molecule has 0 radical (unpaired) electrons. The Morgan fingerprint density at radius 3 is 2.88 bits per heavy atom. The minimum atomic E-state index is 0.127. The molecule has 8 nitrogen and oxygen atoms in total. The topological polar surface area (TPSA) is 119 Å². The van der Waals surface area contributed by atoms with E-state index in [1.807, 2.05) is 42.5 Å². The lowest BCUT2D eigenvalue weighted by Crippen LogP contribution is -2.01. The van der Waals surface area contributed by atoms with Crippen molar-refractivity contribution >= 4 is 16.7 Å². The number of aromatic nitrogens is 6. The van der Waals surface area contributed by atoms with Gasteiger partial charge >= 0.3 is 0 Å². The van der Waals surface area contributed by atoms with Crippen LogP contribution in [0.1, 0.15) is 6.42 Å². The lowest BCUT2D eigenvalue weighted by molar-refractivity contribution is 0.277. The van der Waals surface area contributed by atoms with E-state index in [1.165, 1.54) is 0 Å². The lowest BCUT2D eigenvalue weighted by atomic mass is 10.1. The fourth-order valence-electron chi connectivity index (χ4n) is 2.72. The fraction of sp³-hybridized carbons (Fsp3) is 0.176. The van der Waals surface area contributed by atoms with E-state index in [-0.39, 0.29) is 6.61 Å². The molecule has 0 aliphatic heterocycles. The molecule has 4 aromatic rings. The number of nitrogen functional groups attached to an aromatic ring is 1. The molecule has 0 aliphatic rings. The zero-order valence-corrected chi connectivity index (χ0v) is 13.4. The van der Waals surface area contributed by atoms with Gasteiger partial charge in [-0.2, -0.15) is 5.10 Å². The molecule has 0 saturated carbocycles. The number of para-hydroxylation sites is 1. The Kier molecular flexibility index (Phi) is 3.87. The third-order valence-electron chi connectivity index (χ3n) is 4.00. The molecule has 4 rings (SSSR count). The van der Waals surface area contributed by atoms with Gasteiger partial charge in [0.25, 0.3) is 0 Å². The van der Waals surface area contributed by atoms with Crippen molar-refractivity contribution in [2.45, 2.75) is 13.0 Å². The van der Waals surface area contributed by atoms with E-state index in [9.17, 15) is 0 Å². The Labute approximate surface area is 143 Å². The average molecular weight is 335 g/mol. The molecule has 0 spiro atoms. The van der Waals surface area contributed by atoms with Crippen molar-refractivity contribution in [3.63, 3.8) is 0 Å². The Morgan fingerprint density at radius 1 is 1.16 bits per heavy atom. The van der Waals surface area contributed by atoms with Crippen molar-refractivity contribution < 1.29 is 5.11 Å². The Balaban J connectivity index is 1.67. The average Bonchev–Trinajstić information content (AvgIpc) is 3.27. The molecule has 0 bridgehead atoms. The fourth-order valence-corrected chi connectivity index (χ4v) is 2.72. The highest BCUT2D eigenvalue weighted by molar-refractivity contribution is 5.80. The number of hydrogen-bond acceptors (Lipinski definition) is 6. The van der Waals surface area contributed by atoms with E-state index < -0.39 is 0 Å². The number of benzene rings is 2. The highest BCUT2D eigenvalue weighted by Gasteiger charge is 2.12. The monoisotopic (exact) mass is 335 g/mol. The number of fused-ring (bicyclic) bond motifs is 1. The van der Waals surface area contributed by atoms with Crippen LogP contribution in [0.4, 0.5) is 5.69 Å². The van der Waals surface area contributed by atoms with Gasteiger partial charge in [0.15, 0.2) is 11.6 Å². The smallest absolute Gasteiger partial charge is 0.181 e. The van der Waals surface area contributed by atoms with Crippen LogP contribution in [0.25, 0.3) is 33.8 Å². The summed E-state index contributed by atoms with van der Waals surface area (Å²) >= 11 is 0. The summed E-state index contributed by atoms with van der Waals surface area (Å²) in [6, 6.07) is 13.3. The summed E-state index contributed by atoms with van der Waals surface area (Å²) in [6.07, 6.45) is 0.642. The third-order valence-corrected chi connectivity index (χ3v) is 4.00. The molecule has 8 heteroatoms. The van der Waals surface area contributed by atoms with Crippen molar-refractivity contribution in [1.82, 2.24) is 30.2 Å². The van der Waals surface area contributed by atoms with Crippen molar-refractivity contribution in [2.75, 3.05) is 12.3 Å². The normalized spacial score (nSPS) is 11.2. The molecule has 4 N–H and O–H groups in total. The summed E-state index contributed by atoms with van der Waals surface area (Å²) in [5.41, 5.74) is 9.98. The van der Waals surface area contributed by atoms with Crippen molar-refractivity contribution in [3.05, 3.63) is 42.5 Å². The molecular weight excluding hydrogens is 318 g/mol. The molecule has 0 saturated heterocycles. The molecule has 126 valence electrons. The molecule has 0 amide bonds. The molecule has 0 aliphatic carbocycles. The standard InChI is InChI=1S/C17H17N7O/c18-13-5-2-1-4-12(13)17-19-16(21-22-17)11-6-7-15-14(10-11)20-23-24(15)8-3-9-25/h1-2,4-7,10,25H,3,8-9,18H2,(H,19,21,22). The summed E-state index contributed by atoms with van der Waals surface area (Å²) in [6.45, 7) is 0.756. The first kappa shape index (κ1) is 15.3. The van der Waals surface area contributed by atoms with Crippen LogP contribution in [0.15, 0.2) is 42.5 Å². The predicted octanol–water partition coefficient (Wildman–Crippen LogP) is 1.85. The number of aromatic amines is 1. The van der Waals surface area contributed by atoms with E-state index in [1.54, 1.807) is 4.68 Å². The summed E-state index contributed by atoms with van der Waals surface area (Å²) in [4.78, 5) is 4.54. The van der Waals surface area contributed by atoms with Gasteiger partial charge in [-0.1, -0.05) is 17.3 Å². The van der Waals surface area contributed by atoms with Crippen LogP contribution in [-0.4, -0.2) is 41.9 Å². The van der Waals surface area contributed by atoms with Crippen molar-refractivity contribution in [2.24, 2.45) is 0 Å². The van der Waals surface area contributed by atoms with Gasteiger partial charge in [0.1, 0.15) is 5.52 Å². The number of aryl methyl sites for hydroxylation is 1. The predicted molar refractivity (Wildman–Crippen MR) is 94.5 cm³/mol. The first-order valence-electron chi connectivity index (χ1n) is 7.98. The number of aliphatic hydroxyl groups excluding tert-OH is 1. The van der Waals surface area contributed by atoms with Crippen LogP contribution in [0.2, 0.25) is 0 Å². The highest BCUT2D eigenvalue weighted by atomic mass is 16.3. The van der Waals surface area contributed by atoms with Crippen LogP contribution < -0.4 is 5.73 Å². The lowest BCUT2D eigenvalue weighted by Gasteiger charge is -2.01. The summed E-state index contributed by atoms with van der Waals surface area (Å²) in [5.74, 6) is 1.20. The second-order valence-electron chi connectivity index (χ2n) is 5.69. The highest BCUT2D eigenvalue weighted by Crippen LogP contribution is 2.25. The zero-order chi connectivity index (χ0) is 17.2. The summed E-state index contributed by atoms with van der Waals surface area (Å²) < 4.78 is 1.78. The van der Waals surface area contributed by atoms with Gasteiger partial charge in [0.2, 0.25) is 0 Å². The van der Waals surface area contributed by atoms with Gasteiger partial charge in [-0.05, 0) is 36.8 Å². The van der Waals surface area contributed by atoms with E-state index in [2.05, 4.69) is 25.5 Å². The van der Waals surface area contributed by atoms with Crippen LogP contribution in [-0.2, 0) is 6.54 Å². The quantitative estimate of drug-likeness (QED) is 0.479. The molecule has 2 aromatic heterocycles. The molecule has 0 fully saturated rings. The molecule has 0 atom stereocenters. The molecule has 2 aromatic carbocycles. The first-order chi connectivity index (χ1) is 12.3. The first-order valence-corrected chi connectivity index (χ1v) is 7.98. The summed E-state index contributed by atoms with van der Waals surface area (Å²) in [5, 5.41) is 24.5. The van der Waals surface area contributed by atoms with E-state index in [0.29, 0.717) is 30.3 Å². The minimum Gasteiger partial charge on any atom is -0.398 e. The number of anilines is 1. The van der Waals surface area contributed by atoms with Gasteiger partial charge in [0.05, 0.1) is 5.52 Å². The van der Waals surface area contributed by atoms with Crippen LogP contribution in [0, 0.1) is 0 Å². The number of aliphatic hydroxyl groups is 1. The van der Waals surface area contributed by atoms with Crippen LogP contribution >= 0.6 is 0 Å².